The molecule has 0 atom stereocenters. The molecular formula is C18H21FN4O2S. The van der Waals surface area contributed by atoms with Crippen LogP contribution in [0.25, 0.3) is 0 Å². The van der Waals surface area contributed by atoms with Gasteiger partial charge in [-0.3, -0.25) is 9.59 Å². The predicted molar refractivity (Wildman–Crippen MR) is 99.2 cm³/mol. The quantitative estimate of drug-likeness (QED) is 0.860. The lowest BCUT2D eigenvalue weighted by Crippen LogP contribution is -2.46. The number of anilines is 1. The number of nitrogens with zero attached hydrogens (tertiary/aromatic N) is 2. The van der Waals surface area contributed by atoms with Gasteiger partial charge in [-0.05, 0) is 43.4 Å². The molecule has 3 rings (SSSR count). The summed E-state index contributed by atoms with van der Waals surface area (Å²) >= 11 is 1.26. The second kappa shape index (κ2) is 7.82. The van der Waals surface area contributed by atoms with E-state index in [9.17, 15) is 14.0 Å². The molecule has 1 saturated heterocycles. The fourth-order valence-electron chi connectivity index (χ4n) is 3.10. The molecule has 26 heavy (non-hydrogen) atoms. The van der Waals surface area contributed by atoms with Gasteiger partial charge in [0.2, 0.25) is 0 Å². The summed E-state index contributed by atoms with van der Waals surface area (Å²) in [5.74, 6) is -0.962. The first kappa shape index (κ1) is 18.3. The highest BCUT2D eigenvalue weighted by molar-refractivity contribution is 7.10. The molecule has 1 aromatic heterocycles. The van der Waals surface area contributed by atoms with Crippen molar-refractivity contribution in [2.45, 2.75) is 25.8 Å². The van der Waals surface area contributed by atoms with Crippen molar-refractivity contribution < 1.29 is 14.0 Å². The lowest BCUT2D eigenvalue weighted by atomic mass is 10.0. The van der Waals surface area contributed by atoms with Gasteiger partial charge < -0.3 is 15.5 Å². The van der Waals surface area contributed by atoms with Crippen LogP contribution in [0.4, 0.5) is 9.39 Å². The van der Waals surface area contributed by atoms with Gasteiger partial charge >= 0.3 is 0 Å². The smallest absolute Gasteiger partial charge is 0.256 e. The number of amides is 2. The Labute approximate surface area is 155 Å². The number of benzene rings is 1. The van der Waals surface area contributed by atoms with Crippen LogP contribution in [0.3, 0.4) is 0 Å². The first-order valence-electron chi connectivity index (χ1n) is 8.50. The summed E-state index contributed by atoms with van der Waals surface area (Å²) < 4.78 is 18.0. The second-order valence-electron chi connectivity index (χ2n) is 6.24. The minimum Gasteiger partial charge on any atom is -0.378 e. The van der Waals surface area contributed by atoms with Crippen molar-refractivity contribution in [2.24, 2.45) is 0 Å². The van der Waals surface area contributed by atoms with Gasteiger partial charge in [0.1, 0.15) is 10.8 Å². The van der Waals surface area contributed by atoms with Crippen LogP contribution in [-0.2, 0) is 0 Å². The van der Waals surface area contributed by atoms with E-state index in [1.807, 2.05) is 6.92 Å². The van der Waals surface area contributed by atoms with Crippen molar-refractivity contribution in [1.29, 1.82) is 0 Å². The van der Waals surface area contributed by atoms with E-state index in [1.54, 1.807) is 24.1 Å². The second-order valence-corrected chi connectivity index (χ2v) is 7.02. The molecule has 1 aliphatic heterocycles. The third-order valence-electron chi connectivity index (χ3n) is 4.54. The molecule has 2 aromatic rings. The van der Waals surface area contributed by atoms with Crippen LogP contribution in [0.15, 0.2) is 24.3 Å². The number of carbonyl (C=O) groups excluding carboxylic acids is 2. The third kappa shape index (κ3) is 3.70. The van der Waals surface area contributed by atoms with Gasteiger partial charge in [-0.1, -0.05) is 12.1 Å². The molecule has 0 aliphatic carbocycles. The van der Waals surface area contributed by atoms with E-state index in [4.69, 9.17) is 0 Å². The zero-order valence-electron chi connectivity index (χ0n) is 14.7. The van der Waals surface area contributed by atoms with Gasteiger partial charge in [0, 0.05) is 26.2 Å². The van der Waals surface area contributed by atoms with E-state index < -0.39 is 5.82 Å². The molecule has 1 aromatic carbocycles. The summed E-state index contributed by atoms with van der Waals surface area (Å²) in [4.78, 5) is 26.6. The number of rotatable bonds is 4. The SMILES string of the molecule is CNc1snc(C)c1C(=O)NC1CCN(C(=O)c2ccccc2F)CC1. The number of piperidine rings is 1. The maximum Gasteiger partial charge on any atom is 0.256 e. The molecule has 8 heteroatoms. The average molecular weight is 376 g/mol. The predicted octanol–water partition coefficient (Wildman–Crippen LogP) is 2.67. The van der Waals surface area contributed by atoms with Crippen LogP contribution in [0.5, 0.6) is 0 Å². The molecule has 2 amide bonds. The number of carbonyl (C=O) groups is 2. The average Bonchev–Trinajstić information content (AvgIpc) is 3.03. The first-order valence-corrected chi connectivity index (χ1v) is 9.27. The Bertz CT molecular complexity index is 815. The Morgan fingerprint density at radius 2 is 1.96 bits per heavy atom. The topological polar surface area (TPSA) is 74.3 Å². The van der Waals surface area contributed by atoms with Crippen LogP contribution in [0.1, 0.15) is 39.3 Å². The van der Waals surface area contributed by atoms with E-state index in [2.05, 4.69) is 15.0 Å². The number of likely N-dealkylation sites (tertiary alicyclic amines) is 1. The highest BCUT2D eigenvalue weighted by atomic mass is 32.1. The molecule has 0 unspecified atom stereocenters. The Morgan fingerprint density at radius 3 is 2.62 bits per heavy atom. The van der Waals surface area contributed by atoms with Crippen LogP contribution in [-0.4, -0.2) is 47.3 Å². The Kier molecular flexibility index (Phi) is 5.51. The van der Waals surface area contributed by atoms with Crippen LogP contribution in [0, 0.1) is 12.7 Å². The summed E-state index contributed by atoms with van der Waals surface area (Å²) in [5, 5.41) is 6.75. The van der Waals surface area contributed by atoms with Crippen molar-refractivity contribution in [3.8, 4) is 0 Å². The minimum atomic E-state index is -0.507. The molecule has 0 spiro atoms. The summed E-state index contributed by atoms with van der Waals surface area (Å²) in [6, 6.07) is 5.98. The largest absolute Gasteiger partial charge is 0.378 e. The van der Waals surface area contributed by atoms with Crippen LogP contribution in [0.2, 0.25) is 0 Å². The lowest BCUT2D eigenvalue weighted by Gasteiger charge is -2.32. The minimum absolute atomic E-state index is 0.0174. The third-order valence-corrected chi connectivity index (χ3v) is 5.49. The lowest BCUT2D eigenvalue weighted by molar-refractivity contribution is 0.0693. The van der Waals surface area contributed by atoms with Crippen molar-refractivity contribution in [2.75, 3.05) is 25.5 Å². The van der Waals surface area contributed by atoms with Gasteiger partial charge in [0.15, 0.2) is 0 Å². The molecule has 0 bridgehead atoms. The van der Waals surface area contributed by atoms with E-state index in [0.717, 1.165) is 5.00 Å². The van der Waals surface area contributed by atoms with Crippen molar-refractivity contribution in [3.05, 3.63) is 46.9 Å². The molecule has 0 saturated carbocycles. The molecule has 1 fully saturated rings. The Morgan fingerprint density at radius 1 is 1.27 bits per heavy atom. The zero-order valence-corrected chi connectivity index (χ0v) is 15.5. The molecular weight excluding hydrogens is 355 g/mol. The van der Waals surface area contributed by atoms with E-state index in [-0.39, 0.29) is 23.4 Å². The first-order chi connectivity index (χ1) is 12.5. The van der Waals surface area contributed by atoms with E-state index in [0.29, 0.717) is 37.2 Å². The normalized spacial score (nSPS) is 15.0. The van der Waals surface area contributed by atoms with E-state index in [1.165, 1.54) is 23.7 Å². The van der Waals surface area contributed by atoms with Gasteiger partial charge in [-0.2, -0.15) is 4.37 Å². The highest BCUT2D eigenvalue weighted by Gasteiger charge is 2.27. The number of hydrogen-bond donors (Lipinski definition) is 2. The molecule has 1 aliphatic rings. The molecule has 2 N–H and O–H groups in total. The summed E-state index contributed by atoms with van der Waals surface area (Å²) in [5.41, 5.74) is 1.36. The van der Waals surface area contributed by atoms with Crippen molar-refractivity contribution >= 4 is 28.3 Å². The zero-order chi connectivity index (χ0) is 18.7. The molecule has 138 valence electrons. The maximum absolute atomic E-state index is 13.8. The standard InChI is InChI=1S/C18H21FN4O2S/c1-11-15(17(20-2)26-22-11)16(24)21-12-7-9-23(10-8-12)18(25)13-5-3-4-6-14(13)19/h3-6,12,20H,7-10H2,1-2H3,(H,21,24). The van der Waals surface area contributed by atoms with Crippen molar-refractivity contribution in [1.82, 2.24) is 14.6 Å². The number of halogens is 1. The number of nitrogens with one attached hydrogen (secondary N) is 2. The van der Waals surface area contributed by atoms with Gasteiger partial charge in [0.05, 0.1) is 16.8 Å². The highest BCUT2D eigenvalue weighted by Crippen LogP contribution is 2.24. The fourth-order valence-corrected chi connectivity index (χ4v) is 3.84. The summed E-state index contributed by atoms with van der Waals surface area (Å²) in [6.45, 7) is 2.78. The molecule has 2 heterocycles. The molecule has 6 nitrogen and oxygen atoms in total. The van der Waals surface area contributed by atoms with Crippen LogP contribution < -0.4 is 10.6 Å². The monoisotopic (exact) mass is 376 g/mol. The molecule has 0 radical (unpaired) electrons. The van der Waals surface area contributed by atoms with Crippen molar-refractivity contribution in [3.63, 3.8) is 0 Å². The number of aryl methyl sites for hydroxylation is 1. The Hall–Kier alpha value is -2.48. The summed E-state index contributed by atoms with van der Waals surface area (Å²) in [6.07, 6.45) is 1.27. The summed E-state index contributed by atoms with van der Waals surface area (Å²) in [7, 11) is 1.76. The number of aromatic nitrogens is 1. The fraction of sp³-hybridized carbons (Fsp3) is 0.389. The Balaban J connectivity index is 1.59. The van der Waals surface area contributed by atoms with Gasteiger partial charge in [-0.25, -0.2) is 4.39 Å². The number of hydrogen-bond acceptors (Lipinski definition) is 5. The maximum atomic E-state index is 13.8. The van der Waals surface area contributed by atoms with Gasteiger partial charge in [-0.15, -0.1) is 0 Å². The van der Waals surface area contributed by atoms with Crippen LogP contribution >= 0.6 is 11.5 Å². The van der Waals surface area contributed by atoms with E-state index >= 15 is 0 Å². The van der Waals surface area contributed by atoms with Gasteiger partial charge in [0.25, 0.3) is 11.8 Å².